The van der Waals surface area contributed by atoms with Crippen molar-refractivity contribution in [3.05, 3.63) is 59.9 Å². The van der Waals surface area contributed by atoms with E-state index < -0.39 is 46.4 Å². The Hall–Kier alpha value is -2.66. The van der Waals surface area contributed by atoms with Gasteiger partial charge in [0.2, 0.25) is 15.9 Å². The maximum absolute atomic E-state index is 13.0. The van der Waals surface area contributed by atoms with Crippen LogP contribution in [0.4, 0.5) is 17.6 Å². The molecule has 0 aliphatic rings. The SMILES string of the molecule is CC(c1ccc(F)cc1)N(C)C(=O)CNS(=O)(=O)c1ccc(OC(F)(F)F)cc1. The topological polar surface area (TPSA) is 75.7 Å². The van der Waals surface area contributed by atoms with Gasteiger partial charge in [0, 0.05) is 7.05 Å². The zero-order valence-electron chi connectivity index (χ0n) is 15.4. The Morgan fingerprint density at radius 3 is 2.17 bits per heavy atom. The summed E-state index contributed by atoms with van der Waals surface area (Å²) in [6.07, 6.45) is -4.89. The van der Waals surface area contributed by atoms with Crippen LogP contribution in [-0.4, -0.2) is 39.2 Å². The van der Waals surface area contributed by atoms with E-state index in [0.717, 1.165) is 24.3 Å². The Balaban J connectivity index is 1.99. The lowest BCUT2D eigenvalue weighted by atomic mass is 10.1. The molecule has 2 aromatic carbocycles. The van der Waals surface area contributed by atoms with E-state index >= 15 is 0 Å². The number of carbonyl (C=O) groups is 1. The van der Waals surface area contributed by atoms with E-state index in [9.17, 15) is 30.8 Å². The van der Waals surface area contributed by atoms with Crippen LogP contribution in [0.3, 0.4) is 0 Å². The van der Waals surface area contributed by atoms with Gasteiger partial charge in [-0.25, -0.2) is 17.5 Å². The second-order valence-electron chi connectivity index (χ2n) is 6.08. The van der Waals surface area contributed by atoms with Crippen molar-refractivity contribution < 1.29 is 35.5 Å². The summed E-state index contributed by atoms with van der Waals surface area (Å²) >= 11 is 0. The molecule has 1 amide bonds. The second kappa shape index (κ2) is 8.78. The number of nitrogens with zero attached hydrogens (tertiary/aromatic N) is 1. The number of rotatable bonds is 7. The van der Waals surface area contributed by atoms with E-state index in [4.69, 9.17) is 0 Å². The summed E-state index contributed by atoms with van der Waals surface area (Å²) in [6, 6.07) is 8.65. The molecular weight excluding hydrogens is 416 g/mol. The molecule has 1 atom stereocenters. The molecule has 0 radical (unpaired) electrons. The minimum absolute atomic E-state index is 0.325. The molecule has 2 rings (SSSR count). The molecule has 0 fully saturated rings. The van der Waals surface area contributed by atoms with Crippen LogP contribution in [0.5, 0.6) is 5.75 Å². The van der Waals surface area contributed by atoms with Crippen LogP contribution >= 0.6 is 0 Å². The van der Waals surface area contributed by atoms with Gasteiger partial charge in [0.15, 0.2) is 0 Å². The van der Waals surface area contributed by atoms with E-state index in [1.165, 1.54) is 36.2 Å². The molecule has 0 bridgehead atoms. The smallest absolute Gasteiger partial charge is 0.406 e. The summed E-state index contributed by atoms with van der Waals surface area (Å²) in [4.78, 5) is 13.3. The number of likely N-dealkylation sites (N-methyl/N-ethyl adjacent to an activating group) is 1. The van der Waals surface area contributed by atoms with Gasteiger partial charge in [0.05, 0.1) is 17.5 Å². The van der Waals surface area contributed by atoms with E-state index in [1.807, 2.05) is 0 Å². The van der Waals surface area contributed by atoms with E-state index in [2.05, 4.69) is 9.46 Å². The van der Waals surface area contributed by atoms with Crippen molar-refractivity contribution >= 4 is 15.9 Å². The van der Waals surface area contributed by atoms with Crippen LogP contribution in [0.25, 0.3) is 0 Å². The highest BCUT2D eigenvalue weighted by atomic mass is 32.2. The number of amides is 1. The first-order valence-corrected chi connectivity index (χ1v) is 9.74. The second-order valence-corrected chi connectivity index (χ2v) is 7.84. The predicted molar refractivity (Wildman–Crippen MR) is 95.9 cm³/mol. The molecule has 158 valence electrons. The van der Waals surface area contributed by atoms with Crippen molar-refractivity contribution in [1.82, 2.24) is 9.62 Å². The average Bonchev–Trinajstić information content (AvgIpc) is 2.64. The van der Waals surface area contributed by atoms with Gasteiger partial charge in [0.25, 0.3) is 0 Å². The number of sulfonamides is 1. The highest BCUT2D eigenvalue weighted by Crippen LogP contribution is 2.24. The van der Waals surface area contributed by atoms with Crippen LogP contribution in [-0.2, 0) is 14.8 Å². The number of alkyl halides is 3. The molecule has 0 aromatic heterocycles. The van der Waals surface area contributed by atoms with Crippen LogP contribution in [0, 0.1) is 5.82 Å². The number of carbonyl (C=O) groups excluding carboxylic acids is 1. The van der Waals surface area contributed by atoms with Gasteiger partial charge in [-0.2, -0.15) is 0 Å². The third kappa shape index (κ3) is 6.43. The van der Waals surface area contributed by atoms with Crippen LogP contribution in [0.1, 0.15) is 18.5 Å². The molecule has 6 nitrogen and oxygen atoms in total. The Kier molecular flexibility index (Phi) is 6.85. The average molecular weight is 434 g/mol. The maximum atomic E-state index is 13.0. The first kappa shape index (κ1) is 22.6. The van der Waals surface area contributed by atoms with Gasteiger partial charge in [-0.1, -0.05) is 12.1 Å². The molecular formula is C18H18F4N2O4S. The van der Waals surface area contributed by atoms with Crippen molar-refractivity contribution in [1.29, 1.82) is 0 Å². The summed E-state index contributed by atoms with van der Waals surface area (Å²) in [7, 11) is -2.66. The van der Waals surface area contributed by atoms with Crippen LogP contribution < -0.4 is 9.46 Å². The maximum Gasteiger partial charge on any atom is 0.573 e. The first-order chi connectivity index (χ1) is 13.4. The Bertz CT molecular complexity index is 945. The third-order valence-corrected chi connectivity index (χ3v) is 5.52. The molecule has 1 unspecified atom stereocenters. The van der Waals surface area contributed by atoms with Crippen LogP contribution in [0.15, 0.2) is 53.4 Å². The summed E-state index contributed by atoms with van der Waals surface area (Å²) < 4.78 is 79.7. The minimum atomic E-state index is -4.89. The summed E-state index contributed by atoms with van der Waals surface area (Å²) in [5.74, 6) is -1.54. The molecule has 2 aromatic rings. The molecule has 0 heterocycles. The molecule has 0 saturated carbocycles. The van der Waals surface area contributed by atoms with Gasteiger partial charge < -0.3 is 9.64 Å². The summed E-state index contributed by atoms with van der Waals surface area (Å²) in [6.45, 7) is 1.13. The quantitative estimate of drug-likeness (QED) is 0.679. The number of halogens is 4. The lowest BCUT2D eigenvalue weighted by molar-refractivity contribution is -0.274. The highest BCUT2D eigenvalue weighted by Gasteiger charge is 2.31. The minimum Gasteiger partial charge on any atom is -0.406 e. The normalized spacial score (nSPS) is 13.0. The fourth-order valence-corrected chi connectivity index (χ4v) is 3.34. The largest absolute Gasteiger partial charge is 0.573 e. The molecule has 1 N–H and O–H groups in total. The Morgan fingerprint density at radius 2 is 1.66 bits per heavy atom. The Labute approximate surface area is 165 Å². The number of ether oxygens (including phenoxy) is 1. The standard InChI is InChI=1S/C18H18F4N2O4S/c1-12(13-3-5-14(19)6-4-13)24(2)17(25)11-23-29(26,27)16-9-7-15(8-10-16)28-18(20,21)22/h3-10,12,23H,11H2,1-2H3. The molecule has 0 aliphatic heterocycles. The first-order valence-electron chi connectivity index (χ1n) is 8.25. The Morgan fingerprint density at radius 1 is 1.10 bits per heavy atom. The van der Waals surface area contributed by atoms with Crippen molar-refractivity contribution in [3.8, 4) is 5.75 Å². The van der Waals surface area contributed by atoms with Crippen molar-refractivity contribution in [2.45, 2.75) is 24.2 Å². The molecule has 0 saturated heterocycles. The van der Waals surface area contributed by atoms with Gasteiger partial charge in [-0.3, -0.25) is 4.79 Å². The summed E-state index contributed by atoms with van der Waals surface area (Å²) in [5, 5.41) is 0. The number of benzene rings is 2. The van der Waals surface area contributed by atoms with Gasteiger partial charge in [0.1, 0.15) is 11.6 Å². The van der Waals surface area contributed by atoms with E-state index in [1.54, 1.807) is 6.92 Å². The lowest BCUT2D eigenvalue weighted by Crippen LogP contribution is -2.39. The van der Waals surface area contributed by atoms with E-state index in [-0.39, 0.29) is 4.90 Å². The lowest BCUT2D eigenvalue weighted by Gasteiger charge is -2.25. The monoisotopic (exact) mass is 434 g/mol. The number of nitrogens with one attached hydrogen (secondary N) is 1. The van der Waals surface area contributed by atoms with Gasteiger partial charge in [-0.15, -0.1) is 13.2 Å². The fraction of sp³-hybridized carbons (Fsp3) is 0.278. The van der Waals surface area contributed by atoms with Crippen molar-refractivity contribution in [2.75, 3.05) is 13.6 Å². The molecule has 0 aliphatic carbocycles. The third-order valence-electron chi connectivity index (χ3n) is 4.11. The van der Waals surface area contributed by atoms with Crippen LogP contribution in [0.2, 0.25) is 0 Å². The van der Waals surface area contributed by atoms with Gasteiger partial charge in [-0.05, 0) is 48.9 Å². The van der Waals surface area contributed by atoms with Crippen molar-refractivity contribution in [2.24, 2.45) is 0 Å². The van der Waals surface area contributed by atoms with Crippen molar-refractivity contribution in [3.63, 3.8) is 0 Å². The predicted octanol–water partition coefficient (Wildman–Crippen LogP) is 3.22. The van der Waals surface area contributed by atoms with Gasteiger partial charge >= 0.3 is 6.36 Å². The molecule has 29 heavy (non-hydrogen) atoms. The zero-order chi connectivity index (χ0) is 21.8. The number of hydrogen-bond acceptors (Lipinski definition) is 4. The molecule has 11 heteroatoms. The number of hydrogen-bond donors (Lipinski definition) is 1. The zero-order valence-corrected chi connectivity index (χ0v) is 16.2. The summed E-state index contributed by atoms with van der Waals surface area (Å²) in [5.41, 5.74) is 0.658. The fourth-order valence-electron chi connectivity index (χ4n) is 2.37. The highest BCUT2D eigenvalue weighted by molar-refractivity contribution is 7.89. The molecule has 0 spiro atoms. The van der Waals surface area contributed by atoms with E-state index in [0.29, 0.717) is 5.56 Å².